The van der Waals surface area contributed by atoms with E-state index in [1.54, 1.807) is 32.9 Å². The lowest BCUT2D eigenvalue weighted by atomic mass is 9.89. The van der Waals surface area contributed by atoms with E-state index in [2.05, 4.69) is 0 Å². The molecule has 1 aromatic rings. The molecule has 0 spiro atoms. The zero-order chi connectivity index (χ0) is 16.5. The van der Waals surface area contributed by atoms with Gasteiger partial charge in [-0.1, -0.05) is 12.1 Å². The van der Waals surface area contributed by atoms with Crippen LogP contribution in [0.5, 0.6) is 0 Å². The van der Waals surface area contributed by atoms with Crippen LogP contribution in [-0.2, 0) is 9.53 Å². The molecule has 1 saturated heterocycles. The molecule has 0 aliphatic carbocycles. The maximum atomic E-state index is 13.0. The summed E-state index contributed by atoms with van der Waals surface area (Å²) in [6, 6.07) is 5.72. The summed E-state index contributed by atoms with van der Waals surface area (Å²) in [5, 5.41) is 9.38. The first-order valence-corrected chi connectivity index (χ1v) is 7.13. The van der Waals surface area contributed by atoms with E-state index in [9.17, 15) is 19.1 Å². The number of aliphatic carboxylic acids is 1. The van der Waals surface area contributed by atoms with Gasteiger partial charge in [0.2, 0.25) is 0 Å². The topological polar surface area (TPSA) is 66.8 Å². The average Bonchev–Trinajstić information content (AvgIpc) is 2.83. The van der Waals surface area contributed by atoms with E-state index in [1.165, 1.54) is 17.0 Å². The van der Waals surface area contributed by atoms with Crippen molar-refractivity contribution in [1.82, 2.24) is 4.90 Å². The van der Waals surface area contributed by atoms with E-state index in [1.807, 2.05) is 0 Å². The summed E-state index contributed by atoms with van der Waals surface area (Å²) >= 11 is 0. The number of rotatable bonds is 2. The van der Waals surface area contributed by atoms with Crippen LogP contribution in [-0.4, -0.2) is 40.8 Å². The first kappa shape index (κ1) is 16.3. The summed E-state index contributed by atoms with van der Waals surface area (Å²) in [5.74, 6) is -2.44. The number of hydrogen-bond donors (Lipinski definition) is 1. The van der Waals surface area contributed by atoms with Gasteiger partial charge in [-0.25, -0.2) is 9.18 Å². The highest BCUT2D eigenvalue weighted by Gasteiger charge is 2.41. The minimum Gasteiger partial charge on any atom is -0.481 e. The minimum absolute atomic E-state index is 0.0896. The smallest absolute Gasteiger partial charge is 0.410 e. The number of ether oxygens (including phenoxy) is 1. The fourth-order valence-corrected chi connectivity index (χ4v) is 2.58. The molecule has 0 unspecified atom stereocenters. The Kier molecular flexibility index (Phi) is 4.39. The number of benzene rings is 1. The third-order valence-electron chi connectivity index (χ3n) is 3.59. The van der Waals surface area contributed by atoms with Gasteiger partial charge in [0.05, 0.1) is 5.92 Å². The van der Waals surface area contributed by atoms with Crippen LogP contribution in [0.4, 0.5) is 9.18 Å². The molecule has 2 atom stereocenters. The van der Waals surface area contributed by atoms with Crippen LogP contribution in [0.15, 0.2) is 24.3 Å². The number of hydrogen-bond acceptors (Lipinski definition) is 3. The lowest BCUT2D eigenvalue weighted by Crippen LogP contribution is -2.35. The number of halogens is 1. The molecule has 0 bridgehead atoms. The number of carboxylic acids is 1. The van der Waals surface area contributed by atoms with Gasteiger partial charge in [-0.05, 0) is 38.5 Å². The minimum atomic E-state index is -0.972. The molecule has 1 fully saturated rings. The number of carboxylic acid groups (broad SMARTS) is 1. The van der Waals surface area contributed by atoms with Gasteiger partial charge in [0.15, 0.2) is 0 Å². The third kappa shape index (κ3) is 3.75. The molecule has 120 valence electrons. The van der Waals surface area contributed by atoms with Gasteiger partial charge in [-0.2, -0.15) is 0 Å². The molecule has 1 N–H and O–H groups in total. The van der Waals surface area contributed by atoms with Crippen LogP contribution in [0.1, 0.15) is 32.3 Å². The Morgan fingerprint density at radius 1 is 1.23 bits per heavy atom. The Morgan fingerprint density at radius 3 is 2.32 bits per heavy atom. The standard InChI is InChI=1S/C16H20FNO4/c1-16(2,3)22-15(21)18-8-12(13(9-18)14(19)20)10-4-6-11(17)7-5-10/h4-7,12-13H,8-9H2,1-3H3,(H,19,20)/t12-,13+/m1/s1. The third-order valence-corrected chi connectivity index (χ3v) is 3.59. The highest BCUT2D eigenvalue weighted by Crippen LogP contribution is 2.33. The molecule has 2 rings (SSSR count). The van der Waals surface area contributed by atoms with Crippen molar-refractivity contribution in [3.05, 3.63) is 35.6 Å². The molecule has 1 amide bonds. The van der Waals surface area contributed by atoms with Crippen molar-refractivity contribution in [2.75, 3.05) is 13.1 Å². The van der Waals surface area contributed by atoms with Crippen molar-refractivity contribution in [3.8, 4) is 0 Å². The summed E-state index contributed by atoms with van der Waals surface area (Å²) in [7, 11) is 0. The molecule has 0 radical (unpaired) electrons. The SMILES string of the molecule is CC(C)(C)OC(=O)N1C[C@H](C(=O)O)[C@@H](c2ccc(F)cc2)C1. The second-order valence-corrected chi connectivity index (χ2v) is 6.49. The van der Waals surface area contributed by atoms with E-state index in [-0.39, 0.29) is 24.8 Å². The van der Waals surface area contributed by atoms with E-state index >= 15 is 0 Å². The van der Waals surface area contributed by atoms with E-state index < -0.39 is 23.6 Å². The summed E-state index contributed by atoms with van der Waals surface area (Å²) in [6.45, 7) is 5.61. The van der Waals surface area contributed by atoms with Crippen molar-refractivity contribution in [1.29, 1.82) is 0 Å². The predicted molar refractivity (Wildman–Crippen MR) is 78.1 cm³/mol. The summed E-state index contributed by atoms with van der Waals surface area (Å²) < 4.78 is 18.3. The van der Waals surface area contributed by atoms with Crippen LogP contribution in [0, 0.1) is 11.7 Å². The Labute approximate surface area is 128 Å². The molecule has 5 nitrogen and oxygen atoms in total. The van der Waals surface area contributed by atoms with Crippen LogP contribution < -0.4 is 0 Å². The van der Waals surface area contributed by atoms with Gasteiger partial charge in [0.25, 0.3) is 0 Å². The number of carbonyl (C=O) groups excluding carboxylic acids is 1. The van der Waals surface area contributed by atoms with Gasteiger partial charge in [0.1, 0.15) is 11.4 Å². The Bertz CT molecular complexity index is 565. The molecular formula is C16H20FNO4. The van der Waals surface area contributed by atoms with Crippen LogP contribution in [0.3, 0.4) is 0 Å². The average molecular weight is 309 g/mol. The van der Waals surface area contributed by atoms with Crippen LogP contribution in [0.2, 0.25) is 0 Å². The van der Waals surface area contributed by atoms with E-state index in [4.69, 9.17) is 4.74 Å². The van der Waals surface area contributed by atoms with Gasteiger partial charge >= 0.3 is 12.1 Å². The Hall–Kier alpha value is -2.11. The summed E-state index contributed by atoms with van der Waals surface area (Å²) in [6.07, 6.45) is -0.525. The molecule has 1 aliphatic rings. The Balaban J connectivity index is 2.18. The van der Waals surface area contributed by atoms with Gasteiger partial charge < -0.3 is 14.7 Å². The van der Waals surface area contributed by atoms with E-state index in [0.717, 1.165) is 0 Å². The number of amides is 1. The quantitative estimate of drug-likeness (QED) is 0.912. The molecule has 0 aromatic heterocycles. The van der Waals surface area contributed by atoms with Gasteiger partial charge in [-0.3, -0.25) is 4.79 Å². The molecule has 1 aliphatic heterocycles. The molecular weight excluding hydrogens is 289 g/mol. The van der Waals surface area contributed by atoms with Crippen LogP contribution >= 0.6 is 0 Å². The molecule has 0 saturated carbocycles. The zero-order valence-corrected chi connectivity index (χ0v) is 12.9. The lowest BCUT2D eigenvalue weighted by molar-refractivity contribution is -0.141. The van der Waals surface area contributed by atoms with Crippen molar-refractivity contribution >= 4 is 12.1 Å². The second-order valence-electron chi connectivity index (χ2n) is 6.49. The molecule has 1 heterocycles. The largest absolute Gasteiger partial charge is 0.481 e. The number of carbonyl (C=O) groups is 2. The van der Waals surface area contributed by atoms with Gasteiger partial charge in [-0.15, -0.1) is 0 Å². The maximum absolute atomic E-state index is 13.0. The normalized spacial score (nSPS) is 21.7. The molecule has 6 heteroatoms. The monoisotopic (exact) mass is 309 g/mol. The second kappa shape index (κ2) is 5.94. The van der Waals surface area contributed by atoms with Gasteiger partial charge in [0, 0.05) is 19.0 Å². The van der Waals surface area contributed by atoms with Crippen molar-refractivity contribution in [3.63, 3.8) is 0 Å². The lowest BCUT2D eigenvalue weighted by Gasteiger charge is -2.24. The first-order chi connectivity index (χ1) is 10.2. The number of nitrogens with zero attached hydrogens (tertiary/aromatic N) is 1. The van der Waals surface area contributed by atoms with E-state index in [0.29, 0.717) is 5.56 Å². The van der Waals surface area contributed by atoms with Crippen molar-refractivity contribution < 1.29 is 23.8 Å². The summed E-state index contributed by atoms with van der Waals surface area (Å²) in [4.78, 5) is 25.0. The number of likely N-dealkylation sites (tertiary alicyclic amines) is 1. The highest BCUT2D eigenvalue weighted by molar-refractivity contribution is 5.75. The first-order valence-electron chi connectivity index (χ1n) is 7.13. The molecule has 22 heavy (non-hydrogen) atoms. The highest BCUT2D eigenvalue weighted by atomic mass is 19.1. The predicted octanol–water partition coefficient (Wildman–Crippen LogP) is 2.86. The maximum Gasteiger partial charge on any atom is 0.410 e. The van der Waals surface area contributed by atoms with Crippen molar-refractivity contribution in [2.45, 2.75) is 32.3 Å². The fraction of sp³-hybridized carbons (Fsp3) is 0.500. The zero-order valence-electron chi connectivity index (χ0n) is 12.9. The molecule has 1 aromatic carbocycles. The summed E-state index contributed by atoms with van der Waals surface area (Å²) in [5.41, 5.74) is 0.0730. The van der Waals surface area contributed by atoms with Crippen molar-refractivity contribution in [2.24, 2.45) is 5.92 Å². The van der Waals surface area contributed by atoms with Crippen LogP contribution in [0.25, 0.3) is 0 Å². The fourth-order valence-electron chi connectivity index (χ4n) is 2.58. The Morgan fingerprint density at radius 2 is 1.82 bits per heavy atom.